The minimum Gasteiger partial charge on any atom is -0.387 e. The van der Waals surface area contributed by atoms with Crippen molar-refractivity contribution in [3.8, 4) is 0 Å². The van der Waals surface area contributed by atoms with Gasteiger partial charge in [0.15, 0.2) is 0 Å². The van der Waals surface area contributed by atoms with Gasteiger partial charge in [-0.25, -0.2) is 8.78 Å². The second-order valence-electron chi connectivity index (χ2n) is 2.87. The van der Waals surface area contributed by atoms with Gasteiger partial charge in [0.05, 0.1) is 6.10 Å². The first kappa shape index (κ1) is 10.1. The summed E-state index contributed by atoms with van der Waals surface area (Å²) in [7, 11) is 0. The predicted octanol–water partition coefficient (Wildman–Crippen LogP) is 1.27. The maximum atomic E-state index is 13.1. The van der Waals surface area contributed by atoms with Crippen LogP contribution in [0.3, 0.4) is 0 Å². The van der Waals surface area contributed by atoms with Crippen molar-refractivity contribution in [2.45, 2.75) is 13.0 Å². The van der Waals surface area contributed by atoms with Crippen molar-refractivity contribution in [2.75, 3.05) is 6.54 Å². The molecule has 0 bridgehead atoms. The molecular weight excluding hydrogens is 176 g/mol. The Morgan fingerprint density at radius 1 is 1.38 bits per heavy atom. The van der Waals surface area contributed by atoms with Gasteiger partial charge in [0.25, 0.3) is 0 Å². The fraction of sp³-hybridized carbons (Fsp3) is 0.333. The van der Waals surface area contributed by atoms with Crippen molar-refractivity contribution < 1.29 is 13.9 Å². The Balaban J connectivity index is 3.15. The molecule has 0 amide bonds. The zero-order valence-electron chi connectivity index (χ0n) is 7.22. The summed E-state index contributed by atoms with van der Waals surface area (Å²) in [5, 5.41) is 9.19. The number of aliphatic hydroxyl groups excluding tert-OH is 1. The topological polar surface area (TPSA) is 46.2 Å². The van der Waals surface area contributed by atoms with Crippen molar-refractivity contribution in [2.24, 2.45) is 5.73 Å². The van der Waals surface area contributed by atoms with Gasteiger partial charge in [-0.15, -0.1) is 0 Å². The van der Waals surface area contributed by atoms with Gasteiger partial charge >= 0.3 is 0 Å². The van der Waals surface area contributed by atoms with Crippen LogP contribution in [0.2, 0.25) is 0 Å². The van der Waals surface area contributed by atoms with E-state index in [1.807, 2.05) is 0 Å². The van der Waals surface area contributed by atoms with E-state index in [1.54, 1.807) is 0 Å². The third kappa shape index (κ3) is 2.02. The Kier molecular flexibility index (Phi) is 2.95. The molecule has 0 fully saturated rings. The zero-order chi connectivity index (χ0) is 10.0. The molecule has 0 spiro atoms. The normalized spacial score (nSPS) is 13.0. The summed E-state index contributed by atoms with van der Waals surface area (Å²) in [6, 6.07) is 2.02. The van der Waals surface area contributed by atoms with E-state index >= 15 is 0 Å². The first-order valence-corrected chi connectivity index (χ1v) is 3.90. The Labute approximate surface area is 75.0 Å². The van der Waals surface area contributed by atoms with Crippen LogP contribution in [-0.4, -0.2) is 11.7 Å². The minimum absolute atomic E-state index is 0.0920. The Bertz CT molecular complexity index is 315. The van der Waals surface area contributed by atoms with E-state index < -0.39 is 17.7 Å². The molecule has 1 aromatic rings. The molecule has 4 heteroatoms. The lowest BCUT2D eigenvalue weighted by Crippen LogP contribution is -2.13. The lowest BCUT2D eigenvalue weighted by atomic mass is 10.1. The Morgan fingerprint density at radius 2 is 2.00 bits per heavy atom. The molecule has 0 aromatic heterocycles. The highest BCUT2D eigenvalue weighted by Crippen LogP contribution is 2.19. The molecule has 3 N–H and O–H groups in total. The number of aryl methyl sites for hydroxylation is 1. The number of nitrogens with two attached hydrogens (primary N) is 1. The van der Waals surface area contributed by atoms with Crippen molar-refractivity contribution >= 4 is 0 Å². The van der Waals surface area contributed by atoms with Gasteiger partial charge in [0.1, 0.15) is 11.6 Å². The fourth-order valence-corrected chi connectivity index (χ4v) is 1.04. The number of rotatable bonds is 2. The van der Waals surface area contributed by atoms with E-state index in [0.29, 0.717) is 0 Å². The smallest absolute Gasteiger partial charge is 0.129 e. The molecule has 0 aliphatic rings. The first-order valence-electron chi connectivity index (χ1n) is 3.90. The number of hydrogen-bond acceptors (Lipinski definition) is 2. The maximum absolute atomic E-state index is 13.1. The molecule has 0 radical (unpaired) electrons. The molecule has 1 rings (SSSR count). The Morgan fingerprint density at radius 3 is 2.54 bits per heavy atom. The first-order chi connectivity index (χ1) is 6.06. The predicted molar refractivity (Wildman–Crippen MR) is 45.1 cm³/mol. The number of hydrogen-bond donors (Lipinski definition) is 2. The Hall–Kier alpha value is -1.00. The fourth-order valence-electron chi connectivity index (χ4n) is 1.04. The molecule has 0 saturated heterocycles. The second-order valence-corrected chi connectivity index (χ2v) is 2.87. The number of halogens is 2. The van der Waals surface area contributed by atoms with E-state index in [-0.39, 0.29) is 17.7 Å². The van der Waals surface area contributed by atoms with Crippen LogP contribution < -0.4 is 5.73 Å². The summed E-state index contributed by atoms with van der Waals surface area (Å²) in [6.45, 7) is 1.33. The van der Waals surface area contributed by atoms with Crippen LogP contribution in [0, 0.1) is 18.6 Å². The quantitative estimate of drug-likeness (QED) is 0.732. The van der Waals surface area contributed by atoms with Crippen LogP contribution in [0.5, 0.6) is 0 Å². The molecule has 0 aliphatic carbocycles. The zero-order valence-corrected chi connectivity index (χ0v) is 7.22. The third-order valence-electron chi connectivity index (χ3n) is 1.86. The van der Waals surface area contributed by atoms with Gasteiger partial charge in [-0.05, 0) is 24.6 Å². The van der Waals surface area contributed by atoms with Crippen molar-refractivity contribution in [3.63, 3.8) is 0 Å². The van der Waals surface area contributed by atoms with Gasteiger partial charge in [-0.3, -0.25) is 0 Å². The van der Waals surface area contributed by atoms with Gasteiger partial charge in [0, 0.05) is 12.1 Å². The summed E-state index contributed by atoms with van der Waals surface area (Å²) in [6.07, 6.45) is -1.14. The van der Waals surface area contributed by atoms with E-state index in [0.717, 1.165) is 12.1 Å². The molecule has 13 heavy (non-hydrogen) atoms. The average molecular weight is 187 g/mol. The van der Waals surface area contributed by atoms with Crippen LogP contribution in [0.4, 0.5) is 8.78 Å². The maximum Gasteiger partial charge on any atom is 0.129 e. The van der Waals surface area contributed by atoms with Crippen LogP contribution in [0.15, 0.2) is 12.1 Å². The minimum atomic E-state index is -1.14. The molecule has 1 atom stereocenters. The van der Waals surface area contributed by atoms with E-state index in [2.05, 4.69) is 0 Å². The van der Waals surface area contributed by atoms with E-state index in [9.17, 15) is 13.9 Å². The summed E-state index contributed by atoms with van der Waals surface area (Å²) >= 11 is 0. The molecule has 0 unspecified atom stereocenters. The average Bonchev–Trinajstić information content (AvgIpc) is 2.10. The largest absolute Gasteiger partial charge is 0.387 e. The molecule has 2 nitrogen and oxygen atoms in total. The highest BCUT2D eigenvalue weighted by Gasteiger charge is 2.13. The highest BCUT2D eigenvalue weighted by molar-refractivity contribution is 5.26. The van der Waals surface area contributed by atoms with Crippen LogP contribution >= 0.6 is 0 Å². The lowest BCUT2D eigenvalue weighted by Gasteiger charge is -2.10. The number of aliphatic hydroxyl groups is 1. The molecule has 1 aromatic carbocycles. The highest BCUT2D eigenvalue weighted by atomic mass is 19.1. The van der Waals surface area contributed by atoms with Crippen molar-refractivity contribution in [1.82, 2.24) is 0 Å². The van der Waals surface area contributed by atoms with E-state index in [1.165, 1.54) is 6.92 Å². The van der Waals surface area contributed by atoms with Gasteiger partial charge in [-0.1, -0.05) is 0 Å². The summed E-state index contributed by atoms with van der Waals surface area (Å²) in [5.41, 5.74) is 5.24. The van der Waals surface area contributed by atoms with Crippen LogP contribution in [0.25, 0.3) is 0 Å². The van der Waals surface area contributed by atoms with Crippen molar-refractivity contribution in [1.29, 1.82) is 0 Å². The summed E-state index contributed by atoms with van der Waals surface area (Å²) in [4.78, 5) is 0. The summed E-state index contributed by atoms with van der Waals surface area (Å²) in [5.74, 6) is -1.17. The SMILES string of the molecule is Cc1cc(F)c([C@H](O)CN)cc1F. The van der Waals surface area contributed by atoms with Gasteiger partial charge in [-0.2, -0.15) is 0 Å². The third-order valence-corrected chi connectivity index (χ3v) is 1.86. The van der Waals surface area contributed by atoms with Gasteiger partial charge in [0.2, 0.25) is 0 Å². The van der Waals surface area contributed by atoms with E-state index in [4.69, 9.17) is 5.73 Å². The van der Waals surface area contributed by atoms with Crippen LogP contribution in [0.1, 0.15) is 17.2 Å². The van der Waals surface area contributed by atoms with Gasteiger partial charge < -0.3 is 10.8 Å². The molecular formula is C9H11F2NO. The lowest BCUT2D eigenvalue weighted by molar-refractivity contribution is 0.181. The number of benzene rings is 1. The molecule has 0 saturated carbocycles. The molecule has 0 heterocycles. The molecule has 0 aliphatic heterocycles. The molecule has 72 valence electrons. The summed E-state index contributed by atoms with van der Waals surface area (Å²) < 4.78 is 26.0. The van der Waals surface area contributed by atoms with Crippen LogP contribution in [-0.2, 0) is 0 Å². The standard InChI is InChI=1S/C9H11F2NO/c1-5-2-8(11)6(3-7(5)10)9(13)4-12/h2-3,9,13H,4,12H2,1H3/t9-/m1/s1. The second kappa shape index (κ2) is 3.81. The monoisotopic (exact) mass is 187 g/mol. The van der Waals surface area contributed by atoms with Crippen molar-refractivity contribution in [3.05, 3.63) is 34.9 Å².